The molecule has 1 N–H and O–H groups in total. The van der Waals surface area contributed by atoms with Crippen LogP contribution in [0.15, 0.2) is 78.9 Å². The molecule has 200 valence electrons. The molecule has 0 heterocycles. The minimum atomic E-state index is -0.623. The van der Waals surface area contributed by atoms with Crippen LogP contribution in [0.2, 0.25) is 5.02 Å². The quantitative estimate of drug-likeness (QED) is 0.281. The molecular weight excluding hydrogens is 512 g/mol. The number of nitrogens with zero attached hydrogens (tertiary/aromatic N) is 1. The predicted molar refractivity (Wildman–Crippen MR) is 158 cm³/mol. The van der Waals surface area contributed by atoms with Crippen molar-refractivity contribution in [2.45, 2.75) is 69.8 Å². The van der Waals surface area contributed by atoms with Crippen LogP contribution in [0.25, 0.3) is 0 Å². The maximum atomic E-state index is 13.8. The highest BCUT2D eigenvalue weighted by molar-refractivity contribution is 7.99. The fourth-order valence-electron chi connectivity index (χ4n) is 5.01. The molecule has 1 aliphatic carbocycles. The first-order valence-electron chi connectivity index (χ1n) is 13.5. The van der Waals surface area contributed by atoms with E-state index in [0.717, 1.165) is 42.6 Å². The van der Waals surface area contributed by atoms with Crippen molar-refractivity contribution < 1.29 is 9.59 Å². The van der Waals surface area contributed by atoms with E-state index >= 15 is 0 Å². The summed E-state index contributed by atoms with van der Waals surface area (Å²) in [4.78, 5) is 29.4. The van der Waals surface area contributed by atoms with Crippen LogP contribution in [0.1, 0.15) is 54.4 Å². The molecule has 38 heavy (non-hydrogen) atoms. The van der Waals surface area contributed by atoms with E-state index in [0.29, 0.717) is 23.7 Å². The summed E-state index contributed by atoms with van der Waals surface area (Å²) in [7, 11) is 0. The maximum Gasteiger partial charge on any atom is 0.243 e. The molecule has 0 spiro atoms. The summed E-state index contributed by atoms with van der Waals surface area (Å²) >= 11 is 8.12. The lowest BCUT2D eigenvalue weighted by Crippen LogP contribution is -2.53. The average molecular weight is 549 g/mol. The van der Waals surface area contributed by atoms with Gasteiger partial charge in [-0.25, -0.2) is 0 Å². The fourth-order valence-corrected chi connectivity index (χ4v) is 6.19. The van der Waals surface area contributed by atoms with Crippen LogP contribution in [0.3, 0.4) is 0 Å². The summed E-state index contributed by atoms with van der Waals surface area (Å²) in [5, 5.41) is 3.89. The number of thioether (sulfide) groups is 1. The second-order valence-electron chi connectivity index (χ2n) is 10.1. The average Bonchev–Trinajstić information content (AvgIpc) is 2.93. The molecule has 3 aromatic carbocycles. The summed E-state index contributed by atoms with van der Waals surface area (Å²) in [5.74, 6) is 0.907. The number of nitrogens with one attached hydrogen (secondary N) is 1. The number of hydrogen-bond donors (Lipinski definition) is 1. The lowest BCUT2D eigenvalue weighted by molar-refractivity contribution is -0.139. The summed E-state index contributed by atoms with van der Waals surface area (Å²) < 4.78 is 0. The largest absolute Gasteiger partial charge is 0.352 e. The normalized spacial score (nSPS) is 14.6. The van der Waals surface area contributed by atoms with Gasteiger partial charge in [-0.05, 0) is 48.1 Å². The Hall–Kier alpha value is -2.76. The number of carbonyl (C=O) groups excluding carboxylic acids is 2. The predicted octanol–water partition coefficient (Wildman–Crippen LogP) is 6.97. The highest BCUT2D eigenvalue weighted by atomic mass is 35.5. The highest BCUT2D eigenvalue weighted by Crippen LogP contribution is 2.24. The van der Waals surface area contributed by atoms with Gasteiger partial charge < -0.3 is 10.2 Å². The monoisotopic (exact) mass is 548 g/mol. The van der Waals surface area contributed by atoms with E-state index in [2.05, 4.69) is 24.4 Å². The maximum absolute atomic E-state index is 13.8. The van der Waals surface area contributed by atoms with Crippen LogP contribution in [0.5, 0.6) is 0 Å². The van der Waals surface area contributed by atoms with E-state index in [9.17, 15) is 9.59 Å². The molecule has 0 bridgehead atoms. The topological polar surface area (TPSA) is 49.4 Å². The minimum absolute atomic E-state index is 0.0526. The zero-order chi connectivity index (χ0) is 26.7. The smallest absolute Gasteiger partial charge is 0.243 e. The number of aryl methyl sites for hydroxylation is 1. The van der Waals surface area contributed by atoms with E-state index in [4.69, 9.17) is 11.6 Å². The Kier molecular flexibility index (Phi) is 10.7. The molecule has 2 amide bonds. The third-order valence-electron chi connectivity index (χ3n) is 7.27. The van der Waals surface area contributed by atoms with Gasteiger partial charge in [0.25, 0.3) is 0 Å². The first-order chi connectivity index (χ1) is 18.5. The van der Waals surface area contributed by atoms with Crippen molar-refractivity contribution in [3.63, 3.8) is 0 Å². The molecule has 1 atom stereocenters. The molecule has 4 nitrogen and oxygen atoms in total. The van der Waals surface area contributed by atoms with Gasteiger partial charge in [0.15, 0.2) is 0 Å². The van der Waals surface area contributed by atoms with Crippen LogP contribution < -0.4 is 5.32 Å². The molecule has 6 heteroatoms. The van der Waals surface area contributed by atoms with Crippen molar-refractivity contribution in [2.24, 2.45) is 0 Å². The standard InChI is InChI=1S/C32H37ClN2O2S/c1-24-12-8-9-16-27(24)22-38-23-31(36)35(21-26-15-10-11-19-29(26)33)30(20-25-13-4-2-5-14-25)32(37)34-28-17-6-3-7-18-28/h2,4-5,8-16,19,28,30H,3,6-7,17-18,20-23H2,1H3,(H,34,37)/t30-/m1/s1. The third kappa shape index (κ3) is 8.12. The van der Waals surface area contributed by atoms with Gasteiger partial charge >= 0.3 is 0 Å². The Labute approximate surface area is 236 Å². The fraction of sp³-hybridized carbons (Fsp3) is 0.375. The van der Waals surface area contributed by atoms with Crippen LogP contribution in [-0.2, 0) is 28.3 Å². The Morgan fingerprint density at radius 1 is 0.921 bits per heavy atom. The Balaban J connectivity index is 1.58. The molecule has 3 aromatic rings. The van der Waals surface area contributed by atoms with Gasteiger partial charge in [0.1, 0.15) is 6.04 Å². The molecular formula is C32H37ClN2O2S. The van der Waals surface area contributed by atoms with Crippen molar-refractivity contribution in [1.29, 1.82) is 0 Å². The zero-order valence-corrected chi connectivity index (χ0v) is 23.6. The van der Waals surface area contributed by atoms with E-state index in [1.807, 2.05) is 66.7 Å². The Morgan fingerprint density at radius 3 is 2.29 bits per heavy atom. The first kappa shape index (κ1) is 28.3. The van der Waals surface area contributed by atoms with Gasteiger partial charge in [-0.1, -0.05) is 104 Å². The molecule has 0 aliphatic heterocycles. The molecule has 0 saturated heterocycles. The molecule has 4 rings (SSSR count). The van der Waals surface area contributed by atoms with E-state index in [1.54, 1.807) is 16.7 Å². The van der Waals surface area contributed by atoms with Gasteiger partial charge in [0.05, 0.1) is 5.75 Å². The van der Waals surface area contributed by atoms with Crippen LogP contribution in [0.4, 0.5) is 0 Å². The summed E-state index contributed by atoms with van der Waals surface area (Å²) in [6, 6.07) is 25.3. The molecule has 1 fully saturated rings. The van der Waals surface area contributed by atoms with Crippen molar-refractivity contribution in [1.82, 2.24) is 10.2 Å². The molecule has 1 aliphatic rings. The van der Waals surface area contributed by atoms with Gasteiger partial charge in [0.2, 0.25) is 11.8 Å². The van der Waals surface area contributed by atoms with E-state index in [1.165, 1.54) is 17.5 Å². The number of halogens is 1. The summed E-state index contributed by atoms with van der Waals surface area (Å²) in [6.45, 7) is 2.38. The number of carbonyl (C=O) groups is 2. The van der Waals surface area contributed by atoms with Gasteiger partial charge in [-0.15, -0.1) is 11.8 Å². The summed E-state index contributed by atoms with van der Waals surface area (Å²) in [6.07, 6.45) is 5.92. The summed E-state index contributed by atoms with van der Waals surface area (Å²) in [5.41, 5.74) is 4.31. The second kappa shape index (κ2) is 14.4. The molecule has 0 radical (unpaired) electrons. The first-order valence-corrected chi connectivity index (χ1v) is 15.0. The van der Waals surface area contributed by atoms with Gasteiger partial charge in [0, 0.05) is 29.8 Å². The van der Waals surface area contributed by atoms with E-state index in [-0.39, 0.29) is 17.9 Å². The number of benzene rings is 3. The molecule has 0 aromatic heterocycles. The number of hydrogen-bond acceptors (Lipinski definition) is 3. The number of rotatable bonds is 11. The van der Waals surface area contributed by atoms with Crippen molar-refractivity contribution in [3.8, 4) is 0 Å². The SMILES string of the molecule is Cc1ccccc1CSCC(=O)N(Cc1ccccc1Cl)[C@H](Cc1ccccc1)C(=O)NC1CCCCC1. The second-order valence-corrected chi connectivity index (χ2v) is 11.5. The molecule has 1 saturated carbocycles. The van der Waals surface area contributed by atoms with Crippen LogP contribution >= 0.6 is 23.4 Å². The Bertz CT molecular complexity index is 1200. The van der Waals surface area contributed by atoms with Gasteiger partial charge in [-0.2, -0.15) is 0 Å². The van der Waals surface area contributed by atoms with Gasteiger partial charge in [-0.3, -0.25) is 9.59 Å². The lowest BCUT2D eigenvalue weighted by Gasteiger charge is -2.33. The van der Waals surface area contributed by atoms with Crippen molar-refractivity contribution >= 4 is 35.2 Å². The number of amides is 2. The molecule has 0 unspecified atom stereocenters. The highest BCUT2D eigenvalue weighted by Gasteiger charge is 2.32. The van der Waals surface area contributed by atoms with Crippen LogP contribution in [0, 0.1) is 6.92 Å². The minimum Gasteiger partial charge on any atom is -0.352 e. The van der Waals surface area contributed by atoms with E-state index < -0.39 is 6.04 Å². The van der Waals surface area contributed by atoms with Crippen molar-refractivity contribution in [2.75, 3.05) is 5.75 Å². The Morgan fingerprint density at radius 2 is 1.58 bits per heavy atom. The third-order valence-corrected chi connectivity index (χ3v) is 8.60. The van der Waals surface area contributed by atoms with Crippen LogP contribution in [-0.4, -0.2) is 34.6 Å². The zero-order valence-electron chi connectivity index (χ0n) is 22.1. The van der Waals surface area contributed by atoms with Crippen molar-refractivity contribution in [3.05, 3.63) is 106 Å². The lowest BCUT2D eigenvalue weighted by atomic mass is 9.94.